The third-order valence-corrected chi connectivity index (χ3v) is 3.16. The van der Waals surface area contributed by atoms with E-state index in [1.54, 1.807) is 29.2 Å². The number of aromatic hydroxyl groups is 1. The maximum absolute atomic E-state index is 11.9. The number of benzene rings is 1. The number of hydrogen-bond donors (Lipinski definition) is 2. The van der Waals surface area contributed by atoms with Gasteiger partial charge in [-0.3, -0.25) is 9.59 Å². The molecule has 0 radical (unpaired) electrons. The molecule has 96 valence electrons. The number of rotatable bonds is 3. The van der Waals surface area contributed by atoms with Gasteiger partial charge in [0, 0.05) is 13.1 Å². The van der Waals surface area contributed by atoms with Gasteiger partial charge in [-0.05, 0) is 24.1 Å². The van der Waals surface area contributed by atoms with Gasteiger partial charge in [0.2, 0.25) is 5.91 Å². The van der Waals surface area contributed by atoms with Crippen molar-refractivity contribution in [3.8, 4) is 5.75 Å². The maximum Gasteiger partial charge on any atom is 0.308 e. The third-order valence-electron chi connectivity index (χ3n) is 3.16. The zero-order valence-electron chi connectivity index (χ0n) is 9.87. The Morgan fingerprint density at radius 3 is 2.78 bits per heavy atom. The Hall–Kier alpha value is -2.04. The van der Waals surface area contributed by atoms with E-state index in [0.29, 0.717) is 13.0 Å². The summed E-state index contributed by atoms with van der Waals surface area (Å²) in [5.74, 6) is -1.25. The van der Waals surface area contributed by atoms with Crippen LogP contribution in [0, 0.1) is 5.92 Å². The van der Waals surface area contributed by atoms with Crippen LogP contribution >= 0.6 is 0 Å². The van der Waals surface area contributed by atoms with Crippen LogP contribution in [0.5, 0.6) is 5.75 Å². The SMILES string of the molecule is O=C(O)C1CCN(C(=O)Cc2cccc(O)c2)C1. The summed E-state index contributed by atoms with van der Waals surface area (Å²) in [5, 5.41) is 18.2. The van der Waals surface area contributed by atoms with E-state index in [1.165, 1.54) is 0 Å². The lowest BCUT2D eigenvalue weighted by atomic mass is 10.1. The zero-order chi connectivity index (χ0) is 13.1. The van der Waals surface area contributed by atoms with E-state index in [9.17, 15) is 14.7 Å². The van der Waals surface area contributed by atoms with Crippen LogP contribution < -0.4 is 0 Å². The molecule has 0 bridgehead atoms. The number of carbonyl (C=O) groups is 2. The van der Waals surface area contributed by atoms with Crippen molar-refractivity contribution in [2.75, 3.05) is 13.1 Å². The lowest BCUT2D eigenvalue weighted by molar-refractivity contribution is -0.141. The molecule has 2 rings (SSSR count). The van der Waals surface area contributed by atoms with Gasteiger partial charge in [-0.15, -0.1) is 0 Å². The minimum Gasteiger partial charge on any atom is -0.508 e. The first-order valence-electron chi connectivity index (χ1n) is 5.85. The van der Waals surface area contributed by atoms with Gasteiger partial charge in [0.1, 0.15) is 5.75 Å². The summed E-state index contributed by atoms with van der Waals surface area (Å²) >= 11 is 0. The number of phenolic OH excluding ortho intramolecular Hbond substituents is 1. The molecule has 1 aliphatic heterocycles. The van der Waals surface area contributed by atoms with Crippen molar-refractivity contribution in [3.05, 3.63) is 29.8 Å². The molecule has 5 nitrogen and oxygen atoms in total. The van der Waals surface area contributed by atoms with Gasteiger partial charge in [-0.25, -0.2) is 0 Å². The molecule has 0 spiro atoms. The molecule has 1 aliphatic rings. The minimum atomic E-state index is -0.845. The van der Waals surface area contributed by atoms with Gasteiger partial charge in [0.15, 0.2) is 0 Å². The maximum atomic E-state index is 11.9. The second kappa shape index (κ2) is 5.08. The van der Waals surface area contributed by atoms with E-state index >= 15 is 0 Å². The highest BCUT2D eigenvalue weighted by Gasteiger charge is 2.30. The summed E-state index contributed by atoms with van der Waals surface area (Å²) in [6.45, 7) is 0.779. The number of carboxylic acids is 1. The van der Waals surface area contributed by atoms with Gasteiger partial charge < -0.3 is 15.1 Å². The Labute approximate surface area is 105 Å². The van der Waals surface area contributed by atoms with Gasteiger partial charge in [0.05, 0.1) is 12.3 Å². The Bertz CT molecular complexity index is 472. The lowest BCUT2D eigenvalue weighted by Crippen LogP contribution is -2.31. The first kappa shape index (κ1) is 12.4. The summed E-state index contributed by atoms with van der Waals surface area (Å²) in [6, 6.07) is 6.54. The van der Waals surface area contributed by atoms with E-state index in [4.69, 9.17) is 5.11 Å². The minimum absolute atomic E-state index is 0.0932. The van der Waals surface area contributed by atoms with Crippen LogP contribution in [0.15, 0.2) is 24.3 Å². The second-order valence-corrected chi connectivity index (χ2v) is 4.51. The molecule has 1 unspecified atom stereocenters. The van der Waals surface area contributed by atoms with Crippen molar-refractivity contribution < 1.29 is 19.8 Å². The van der Waals surface area contributed by atoms with E-state index in [2.05, 4.69) is 0 Å². The van der Waals surface area contributed by atoms with E-state index in [0.717, 1.165) is 5.56 Å². The van der Waals surface area contributed by atoms with Crippen LogP contribution in [0.3, 0.4) is 0 Å². The molecule has 1 atom stereocenters. The van der Waals surface area contributed by atoms with E-state index < -0.39 is 11.9 Å². The van der Waals surface area contributed by atoms with E-state index in [-0.39, 0.29) is 24.6 Å². The van der Waals surface area contributed by atoms with Crippen molar-refractivity contribution in [3.63, 3.8) is 0 Å². The predicted molar refractivity (Wildman–Crippen MR) is 64.1 cm³/mol. The highest BCUT2D eigenvalue weighted by Crippen LogP contribution is 2.18. The van der Waals surface area contributed by atoms with Crippen LogP contribution in [-0.4, -0.2) is 40.1 Å². The molecule has 5 heteroatoms. The number of nitrogens with zero attached hydrogens (tertiary/aromatic N) is 1. The molecule has 0 saturated carbocycles. The average Bonchev–Trinajstić information content (AvgIpc) is 2.78. The molecule has 1 saturated heterocycles. The standard InChI is InChI=1S/C13H15NO4/c15-11-3-1-2-9(6-11)7-12(16)14-5-4-10(8-14)13(17)18/h1-3,6,10,15H,4-5,7-8H2,(H,17,18). The number of likely N-dealkylation sites (tertiary alicyclic amines) is 1. The van der Waals surface area contributed by atoms with Gasteiger partial charge in [-0.2, -0.15) is 0 Å². The Balaban J connectivity index is 1.95. The first-order valence-corrected chi connectivity index (χ1v) is 5.85. The molecule has 1 aromatic rings. The molecular weight excluding hydrogens is 234 g/mol. The second-order valence-electron chi connectivity index (χ2n) is 4.51. The molecule has 0 aromatic heterocycles. The van der Waals surface area contributed by atoms with E-state index in [1.807, 2.05) is 0 Å². The van der Waals surface area contributed by atoms with Gasteiger partial charge in [0.25, 0.3) is 0 Å². The fourth-order valence-corrected chi connectivity index (χ4v) is 2.14. The Kier molecular flexibility index (Phi) is 3.50. The van der Waals surface area contributed by atoms with Crippen molar-refractivity contribution in [2.45, 2.75) is 12.8 Å². The molecule has 18 heavy (non-hydrogen) atoms. The first-order chi connectivity index (χ1) is 8.56. The van der Waals surface area contributed by atoms with Crippen LogP contribution in [0.1, 0.15) is 12.0 Å². The number of phenols is 1. The summed E-state index contributed by atoms with van der Waals surface area (Å²) in [4.78, 5) is 24.3. The number of hydrogen-bond acceptors (Lipinski definition) is 3. The highest BCUT2D eigenvalue weighted by atomic mass is 16.4. The zero-order valence-corrected chi connectivity index (χ0v) is 9.87. The van der Waals surface area contributed by atoms with Crippen LogP contribution in [0.2, 0.25) is 0 Å². The fourth-order valence-electron chi connectivity index (χ4n) is 2.14. The summed E-state index contributed by atoms with van der Waals surface area (Å²) in [5.41, 5.74) is 0.735. The number of amides is 1. The van der Waals surface area contributed by atoms with Gasteiger partial charge in [-0.1, -0.05) is 12.1 Å². The number of carbonyl (C=O) groups excluding carboxylic acids is 1. The summed E-state index contributed by atoms with van der Waals surface area (Å²) in [6.07, 6.45) is 0.710. The summed E-state index contributed by atoms with van der Waals surface area (Å²) in [7, 11) is 0. The topological polar surface area (TPSA) is 77.8 Å². The molecule has 0 aliphatic carbocycles. The van der Waals surface area contributed by atoms with Crippen molar-refractivity contribution in [1.29, 1.82) is 0 Å². The quantitative estimate of drug-likeness (QED) is 0.833. The Morgan fingerprint density at radius 1 is 1.39 bits per heavy atom. The van der Waals surface area contributed by atoms with Crippen LogP contribution in [0.25, 0.3) is 0 Å². The normalized spacial score (nSPS) is 18.9. The number of carboxylic acid groups (broad SMARTS) is 1. The van der Waals surface area contributed by atoms with Crippen molar-refractivity contribution >= 4 is 11.9 Å². The van der Waals surface area contributed by atoms with Crippen molar-refractivity contribution in [2.24, 2.45) is 5.92 Å². The van der Waals surface area contributed by atoms with Crippen LogP contribution in [-0.2, 0) is 16.0 Å². The lowest BCUT2D eigenvalue weighted by Gasteiger charge is -2.15. The fraction of sp³-hybridized carbons (Fsp3) is 0.385. The largest absolute Gasteiger partial charge is 0.508 e. The highest BCUT2D eigenvalue weighted by molar-refractivity contribution is 5.80. The van der Waals surface area contributed by atoms with Crippen LogP contribution in [0.4, 0.5) is 0 Å². The molecule has 1 heterocycles. The molecule has 2 N–H and O–H groups in total. The predicted octanol–water partition coefficient (Wildman–Crippen LogP) is 0.868. The summed E-state index contributed by atoms with van der Waals surface area (Å²) < 4.78 is 0. The Morgan fingerprint density at radius 2 is 2.17 bits per heavy atom. The molecule has 1 aromatic carbocycles. The number of aliphatic carboxylic acids is 1. The molecule has 1 amide bonds. The average molecular weight is 249 g/mol. The smallest absolute Gasteiger partial charge is 0.308 e. The van der Waals surface area contributed by atoms with Gasteiger partial charge >= 0.3 is 5.97 Å². The van der Waals surface area contributed by atoms with Crippen molar-refractivity contribution in [1.82, 2.24) is 4.90 Å². The third kappa shape index (κ3) is 2.80. The monoisotopic (exact) mass is 249 g/mol. The molecular formula is C13H15NO4. The molecule has 1 fully saturated rings.